The van der Waals surface area contributed by atoms with Gasteiger partial charge in [0.25, 0.3) is 0 Å². The Kier molecular flexibility index (Phi) is 5.48. The van der Waals surface area contributed by atoms with E-state index in [1.807, 2.05) is 79.3 Å². The Morgan fingerprint density at radius 2 is 1.79 bits per heavy atom. The van der Waals surface area contributed by atoms with Crippen LogP contribution in [-0.2, 0) is 11.3 Å². The number of rotatable bonds is 7. The van der Waals surface area contributed by atoms with Crippen LogP contribution >= 0.6 is 11.8 Å². The average Bonchev–Trinajstić information content (AvgIpc) is 3.49. The highest BCUT2D eigenvalue weighted by Gasteiger charge is 2.31. The van der Waals surface area contributed by atoms with Gasteiger partial charge in [0, 0.05) is 19.5 Å². The summed E-state index contributed by atoms with van der Waals surface area (Å²) in [5.74, 6) is 1.57. The van der Waals surface area contributed by atoms with Crippen molar-refractivity contribution in [1.82, 2.24) is 19.7 Å². The van der Waals surface area contributed by atoms with Gasteiger partial charge in [0.1, 0.15) is 5.82 Å². The van der Waals surface area contributed by atoms with Crippen LogP contribution in [0.15, 0.2) is 65.8 Å². The lowest BCUT2D eigenvalue weighted by atomic mass is 10.2. The van der Waals surface area contributed by atoms with E-state index >= 15 is 0 Å². The van der Waals surface area contributed by atoms with Crippen LogP contribution in [0.3, 0.4) is 0 Å². The number of aromatic nitrogens is 3. The van der Waals surface area contributed by atoms with E-state index in [1.54, 1.807) is 4.90 Å². The van der Waals surface area contributed by atoms with Gasteiger partial charge in [-0.2, -0.15) is 0 Å². The molecule has 1 aromatic heterocycles. The van der Waals surface area contributed by atoms with Crippen LogP contribution in [0.1, 0.15) is 37.1 Å². The Hall–Kier alpha value is -2.60. The van der Waals surface area contributed by atoms with Crippen molar-refractivity contribution >= 4 is 17.7 Å². The van der Waals surface area contributed by atoms with Gasteiger partial charge in [-0.05, 0) is 37.5 Å². The zero-order chi connectivity index (χ0) is 19.5. The Morgan fingerprint density at radius 1 is 1.14 bits per heavy atom. The summed E-state index contributed by atoms with van der Waals surface area (Å²) in [4.78, 5) is 19.3. The van der Waals surface area contributed by atoms with Gasteiger partial charge >= 0.3 is 0 Å². The lowest BCUT2D eigenvalue weighted by molar-refractivity contribution is -0.129. The molecule has 1 aliphatic carbocycles. The van der Waals surface area contributed by atoms with Crippen molar-refractivity contribution in [2.75, 3.05) is 7.05 Å². The average molecular weight is 393 g/mol. The zero-order valence-corrected chi connectivity index (χ0v) is 17.0. The van der Waals surface area contributed by atoms with Gasteiger partial charge in [-0.15, -0.1) is 5.10 Å². The molecule has 0 N–H and O–H groups in total. The number of para-hydroxylation sites is 1. The minimum Gasteiger partial charge on any atom is -0.340 e. The molecule has 0 unspecified atom stereocenters. The molecular weight excluding hydrogens is 368 g/mol. The van der Waals surface area contributed by atoms with E-state index < -0.39 is 0 Å². The van der Waals surface area contributed by atoms with E-state index in [2.05, 4.69) is 0 Å². The summed E-state index contributed by atoms with van der Waals surface area (Å²) in [6, 6.07) is 20.1. The first-order chi connectivity index (χ1) is 13.6. The molecule has 1 saturated carbocycles. The fraction of sp³-hybridized carbons (Fsp3) is 0.318. The van der Waals surface area contributed by atoms with Crippen LogP contribution in [0.25, 0.3) is 5.69 Å². The van der Waals surface area contributed by atoms with Crippen molar-refractivity contribution < 1.29 is 4.79 Å². The molecule has 5 nitrogen and oxygen atoms in total. The maximum atomic E-state index is 12.8. The first-order valence-electron chi connectivity index (χ1n) is 9.60. The Bertz CT molecular complexity index is 938. The maximum absolute atomic E-state index is 12.8. The molecule has 0 spiro atoms. The molecular formula is C22H24N4OS. The first kappa shape index (κ1) is 18.7. The zero-order valence-electron chi connectivity index (χ0n) is 16.2. The van der Waals surface area contributed by atoms with Crippen LogP contribution in [-0.4, -0.2) is 37.9 Å². The SMILES string of the molecule is C[C@H](Sc1nc(C2CC2)n(-c2ccccc2)n1)C(=O)N(C)Cc1ccccc1. The van der Waals surface area contributed by atoms with Crippen molar-refractivity contribution in [2.24, 2.45) is 0 Å². The minimum absolute atomic E-state index is 0.0814. The number of carbonyl (C=O) groups is 1. The van der Waals surface area contributed by atoms with Gasteiger partial charge in [0.15, 0.2) is 0 Å². The number of nitrogens with zero attached hydrogens (tertiary/aromatic N) is 4. The fourth-order valence-corrected chi connectivity index (χ4v) is 4.05. The van der Waals surface area contributed by atoms with Crippen molar-refractivity contribution in [1.29, 1.82) is 0 Å². The van der Waals surface area contributed by atoms with E-state index in [0.29, 0.717) is 17.6 Å². The minimum atomic E-state index is -0.243. The molecule has 0 aliphatic heterocycles. The van der Waals surface area contributed by atoms with Crippen molar-refractivity contribution in [2.45, 2.75) is 42.6 Å². The fourth-order valence-electron chi connectivity index (χ4n) is 3.17. The molecule has 0 radical (unpaired) electrons. The van der Waals surface area contributed by atoms with E-state index in [1.165, 1.54) is 11.8 Å². The highest BCUT2D eigenvalue weighted by atomic mass is 32.2. The normalized spacial score (nSPS) is 14.6. The third-order valence-electron chi connectivity index (χ3n) is 4.82. The van der Waals surface area contributed by atoms with Crippen LogP contribution in [0.2, 0.25) is 0 Å². The molecule has 28 heavy (non-hydrogen) atoms. The van der Waals surface area contributed by atoms with Gasteiger partial charge in [0.2, 0.25) is 11.1 Å². The number of amides is 1. The molecule has 1 fully saturated rings. The standard InChI is InChI=1S/C22H24N4OS/c1-16(21(27)25(2)15-17-9-5-3-6-10-17)28-22-23-20(18-13-14-18)26(24-22)19-11-7-4-8-12-19/h3-12,16,18H,13-15H2,1-2H3/t16-/m0/s1. The van der Waals surface area contributed by atoms with Gasteiger partial charge in [-0.1, -0.05) is 60.3 Å². The third kappa shape index (κ3) is 4.28. The first-order valence-corrected chi connectivity index (χ1v) is 10.5. The summed E-state index contributed by atoms with van der Waals surface area (Å²) in [6.07, 6.45) is 2.31. The van der Waals surface area contributed by atoms with E-state index in [4.69, 9.17) is 10.1 Å². The number of benzene rings is 2. The Labute approximate surface area is 169 Å². The quantitative estimate of drug-likeness (QED) is 0.563. The van der Waals surface area contributed by atoms with Gasteiger partial charge in [-0.25, -0.2) is 9.67 Å². The summed E-state index contributed by atoms with van der Waals surface area (Å²) in [5, 5.41) is 5.13. The molecule has 0 saturated heterocycles. The molecule has 1 amide bonds. The number of thioether (sulfide) groups is 1. The van der Waals surface area contributed by atoms with Gasteiger partial charge < -0.3 is 4.90 Å². The summed E-state index contributed by atoms with van der Waals surface area (Å²) in [6.45, 7) is 2.53. The molecule has 4 rings (SSSR count). The third-order valence-corrected chi connectivity index (χ3v) is 5.76. The van der Waals surface area contributed by atoms with Crippen molar-refractivity contribution in [3.8, 4) is 5.69 Å². The van der Waals surface area contributed by atoms with Gasteiger partial charge in [0.05, 0.1) is 10.9 Å². The molecule has 144 valence electrons. The van der Waals surface area contributed by atoms with E-state index in [0.717, 1.165) is 29.9 Å². The van der Waals surface area contributed by atoms with Crippen LogP contribution in [0, 0.1) is 0 Å². The highest BCUT2D eigenvalue weighted by Crippen LogP contribution is 2.40. The summed E-state index contributed by atoms with van der Waals surface area (Å²) < 4.78 is 1.94. The lowest BCUT2D eigenvalue weighted by Gasteiger charge is -2.20. The van der Waals surface area contributed by atoms with E-state index in [9.17, 15) is 4.79 Å². The Morgan fingerprint density at radius 3 is 2.43 bits per heavy atom. The monoisotopic (exact) mass is 392 g/mol. The molecule has 1 atom stereocenters. The molecule has 1 aliphatic rings. The topological polar surface area (TPSA) is 51.0 Å². The predicted octanol–water partition coefficient (Wildman–Crippen LogP) is 4.28. The highest BCUT2D eigenvalue weighted by molar-refractivity contribution is 8.00. The summed E-state index contributed by atoms with van der Waals surface area (Å²) in [7, 11) is 1.85. The molecule has 1 heterocycles. The summed E-state index contributed by atoms with van der Waals surface area (Å²) >= 11 is 1.43. The van der Waals surface area contributed by atoms with Crippen molar-refractivity contribution in [3.63, 3.8) is 0 Å². The van der Waals surface area contributed by atoms with Crippen LogP contribution < -0.4 is 0 Å². The largest absolute Gasteiger partial charge is 0.340 e. The number of carbonyl (C=O) groups excluding carboxylic acids is 1. The van der Waals surface area contributed by atoms with E-state index in [-0.39, 0.29) is 11.2 Å². The predicted molar refractivity (Wildman–Crippen MR) is 112 cm³/mol. The number of hydrogen-bond acceptors (Lipinski definition) is 4. The maximum Gasteiger partial charge on any atom is 0.235 e. The number of hydrogen-bond donors (Lipinski definition) is 0. The Balaban J connectivity index is 1.47. The van der Waals surface area contributed by atoms with Gasteiger partial charge in [-0.3, -0.25) is 4.79 Å². The lowest BCUT2D eigenvalue weighted by Crippen LogP contribution is -2.32. The summed E-state index contributed by atoms with van der Waals surface area (Å²) in [5.41, 5.74) is 2.14. The van der Waals surface area contributed by atoms with Crippen molar-refractivity contribution in [3.05, 3.63) is 72.1 Å². The molecule has 3 aromatic rings. The molecule has 2 aromatic carbocycles. The van der Waals surface area contributed by atoms with Crippen LogP contribution in [0.4, 0.5) is 0 Å². The second-order valence-electron chi connectivity index (χ2n) is 7.21. The smallest absolute Gasteiger partial charge is 0.235 e. The molecule has 0 bridgehead atoms. The second kappa shape index (κ2) is 8.19. The van der Waals surface area contributed by atoms with Crippen LogP contribution in [0.5, 0.6) is 0 Å². The molecule has 6 heteroatoms. The second-order valence-corrected chi connectivity index (χ2v) is 8.52.